The Morgan fingerprint density at radius 1 is 0.611 bits per heavy atom. The second-order valence-corrected chi connectivity index (χ2v) is 13.9. The van der Waals surface area contributed by atoms with Gasteiger partial charge in [0, 0.05) is 24.5 Å². The van der Waals surface area contributed by atoms with Crippen LogP contribution < -0.4 is 16.7 Å². The molecule has 0 unspecified atom stereocenters. The van der Waals surface area contributed by atoms with E-state index in [1.165, 1.54) is 34.7 Å². The molecule has 274 valence electrons. The molecule has 0 aliphatic carbocycles. The number of imidazole rings is 2. The van der Waals surface area contributed by atoms with Crippen molar-refractivity contribution in [2.45, 2.75) is 52.7 Å². The maximum atomic E-state index is 13.2. The highest BCUT2D eigenvalue weighted by atomic mass is 35.5. The van der Waals surface area contributed by atoms with Gasteiger partial charge >= 0.3 is 7.12 Å². The molecule has 0 aromatic carbocycles. The molecule has 0 bridgehead atoms. The fraction of sp³-hybridized carbons (Fsp3) is 0.222. The topological polar surface area (TPSA) is 148 Å². The van der Waals surface area contributed by atoms with E-state index in [9.17, 15) is 18.4 Å². The van der Waals surface area contributed by atoms with Gasteiger partial charge in [-0.05, 0) is 90.1 Å². The first-order valence-electron chi connectivity index (χ1n) is 16.6. The van der Waals surface area contributed by atoms with E-state index < -0.39 is 24.3 Å². The lowest BCUT2D eigenvalue weighted by Gasteiger charge is -2.32. The third-order valence-corrected chi connectivity index (χ3v) is 9.07. The van der Waals surface area contributed by atoms with Gasteiger partial charge in [-0.25, -0.2) is 37.7 Å². The van der Waals surface area contributed by atoms with E-state index in [4.69, 9.17) is 20.9 Å². The number of fused-ring (bicyclic) bond motifs is 4. The second-order valence-electron chi connectivity index (χ2n) is 13.5. The first-order valence-corrected chi connectivity index (χ1v) is 17.0. The van der Waals surface area contributed by atoms with Crippen LogP contribution >= 0.6 is 11.6 Å². The summed E-state index contributed by atoms with van der Waals surface area (Å²) in [6.07, 6.45) is 5.87. The van der Waals surface area contributed by atoms with Gasteiger partial charge in [0.25, 0.3) is 11.1 Å². The third kappa shape index (κ3) is 7.33. The molecule has 8 aromatic heterocycles. The lowest BCUT2D eigenvalue weighted by molar-refractivity contribution is 0.00578. The molecular weight excluding hydrogens is 721 g/mol. The highest BCUT2D eigenvalue weighted by Crippen LogP contribution is 2.36. The summed E-state index contributed by atoms with van der Waals surface area (Å²) >= 11 is 5.55. The van der Waals surface area contributed by atoms with E-state index in [-0.39, 0.29) is 21.9 Å². The lowest BCUT2D eigenvalue weighted by Crippen LogP contribution is -2.41. The van der Waals surface area contributed by atoms with E-state index >= 15 is 0 Å². The molecule has 0 amide bonds. The van der Waals surface area contributed by atoms with Gasteiger partial charge in [-0.1, -0.05) is 11.6 Å². The molecule has 1 aliphatic rings. The van der Waals surface area contributed by atoms with Crippen LogP contribution in [0.5, 0.6) is 0 Å². The minimum Gasteiger partial charge on any atom is -0.398 e. The number of rotatable bonds is 2. The van der Waals surface area contributed by atoms with Crippen molar-refractivity contribution in [2.24, 2.45) is 0 Å². The van der Waals surface area contributed by atoms with Crippen molar-refractivity contribution in [2.75, 3.05) is 0 Å². The van der Waals surface area contributed by atoms with Crippen molar-refractivity contribution >= 4 is 46.9 Å². The Labute approximate surface area is 310 Å². The molecule has 9 rings (SSSR count). The normalized spacial score (nSPS) is 14.6. The molecule has 54 heavy (non-hydrogen) atoms. The maximum absolute atomic E-state index is 13.2. The van der Waals surface area contributed by atoms with Crippen molar-refractivity contribution in [3.63, 3.8) is 0 Å². The summed E-state index contributed by atoms with van der Waals surface area (Å²) in [6, 6.07) is 15.2. The predicted molar refractivity (Wildman–Crippen MR) is 198 cm³/mol. The molecule has 1 aliphatic heterocycles. The van der Waals surface area contributed by atoms with E-state index in [0.717, 1.165) is 51.1 Å². The minimum absolute atomic E-state index is 0.108. The predicted octanol–water partition coefficient (Wildman–Crippen LogP) is 4.68. The molecule has 18 heteroatoms. The van der Waals surface area contributed by atoms with Gasteiger partial charge in [-0.15, -0.1) is 0 Å². The Bertz CT molecular complexity index is 2820. The zero-order chi connectivity index (χ0) is 38.5. The highest BCUT2D eigenvalue weighted by Gasteiger charge is 2.52. The first-order chi connectivity index (χ1) is 25.5. The summed E-state index contributed by atoms with van der Waals surface area (Å²) in [6.45, 7) is 12.0. The molecule has 1 saturated heterocycles. The number of hydrogen-bond acceptors (Lipinski definition) is 10. The smallest absolute Gasteiger partial charge is 0.398 e. The Balaban J connectivity index is 0.000000129. The fourth-order valence-corrected chi connectivity index (χ4v) is 5.68. The SMILES string of the molecule is Cc1cn2nc(-c3cc(=O)n4cc(F)ccc4n3)ccc2n1.Cc1cn2nc(B3OC(C)(C)C(C)(C)O3)ccc2n1.O=c1cc(Cl)nc2ccc(F)cn12. The number of halogens is 3. The molecular formula is C36H32BClF2N10O4. The zero-order valence-electron chi connectivity index (χ0n) is 29.9. The van der Waals surface area contributed by atoms with Crippen molar-refractivity contribution in [1.29, 1.82) is 0 Å². The number of pyridine rings is 2. The summed E-state index contributed by atoms with van der Waals surface area (Å²) in [5.41, 5.74) is 4.36. The van der Waals surface area contributed by atoms with E-state index in [0.29, 0.717) is 22.7 Å². The Hall–Kier alpha value is -5.91. The van der Waals surface area contributed by atoms with Crippen LogP contribution in [0.1, 0.15) is 39.1 Å². The van der Waals surface area contributed by atoms with Gasteiger partial charge in [0.2, 0.25) is 0 Å². The third-order valence-electron chi connectivity index (χ3n) is 8.87. The zero-order valence-corrected chi connectivity index (χ0v) is 30.7. The van der Waals surface area contributed by atoms with E-state index in [1.54, 1.807) is 21.3 Å². The van der Waals surface area contributed by atoms with Crippen molar-refractivity contribution in [3.05, 3.63) is 134 Å². The van der Waals surface area contributed by atoms with E-state index in [1.807, 2.05) is 65.9 Å². The van der Waals surface area contributed by atoms with Crippen LogP contribution in [0.15, 0.2) is 95.0 Å². The summed E-state index contributed by atoms with van der Waals surface area (Å²) in [5.74, 6) is -0.976. The van der Waals surface area contributed by atoms with Crippen molar-refractivity contribution < 1.29 is 18.1 Å². The average Bonchev–Trinajstić information content (AvgIpc) is 3.74. The summed E-state index contributed by atoms with van der Waals surface area (Å²) in [5, 5.41) is 9.02. The molecule has 0 atom stereocenters. The second kappa shape index (κ2) is 13.8. The Morgan fingerprint density at radius 2 is 1.11 bits per heavy atom. The number of hydrogen-bond donors (Lipinski definition) is 0. The molecule has 0 radical (unpaired) electrons. The van der Waals surface area contributed by atoms with Crippen LogP contribution in [0.3, 0.4) is 0 Å². The lowest BCUT2D eigenvalue weighted by atomic mass is 9.85. The van der Waals surface area contributed by atoms with Gasteiger partial charge in [0.05, 0.1) is 46.3 Å². The van der Waals surface area contributed by atoms with Crippen LogP contribution in [0.2, 0.25) is 5.15 Å². The number of aryl methyl sites for hydroxylation is 2. The Kier molecular flexibility index (Phi) is 9.33. The van der Waals surface area contributed by atoms with Gasteiger partial charge in [0.1, 0.15) is 33.8 Å². The standard InChI is InChI=1S/C15H10FN5O.C13H18BN3O2.C8H4ClFN2O/c1-9-7-21-14(17-9)5-3-11(19-21)12-6-15(22)20-8-10(16)2-4-13(20)18-12;1-9-8-17-11(15-9)7-6-10(16-17)14-18-12(2,3)13(4,5)19-14;9-6-3-8(13)12-4-5(10)1-2-7(12)11-6/h2-8H,1H3;6-8H,1-5H3;1-4H. The molecule has 9 heterocycles. The quantitative estimate of drug-likeness (QED) is 0.180. The maximum Gasteiger partial charge on any atom is 0.516 e. The largest absolute Gasteiger partial charge is 0.516 e. The molecule has 14 nitrogen and oxygen atoms in total. The van der Waals surface area contributed by atoms with Gasteiger partial charge in [0.15, 0.2) is 11.3 Å². The first kappa shape index (κ1) is 36.5. The van der Waals surface area contributed by atoms with Crippen LogP contribution in [0.25, 0.3) is 34.0 Å². The number of nitrogens with zero attached hydrogens (tertiary/aromatic N) is 10. The average molecular weight is 753 g/mol. The van der Waals surface area contributed by atoms with Crippen molar-refractivity contribution in [1.82, 2.24) is 48.0 Å². The number of aromatic nitrogens is 10. The molecule has 0 spiro atoms. The Morgan fingerprint density at radius 3 is 1.70 bits per heavy atom. The molecule has 1 fully saturated rings. The minimum atomic E-state index is -0.488. The summed E-state index contributed by atoms with van der Waals surface area (Å²) in [4.78, 5) is 40.2. The van der Waals surface area contributed by atoms with Crippen LogP contribution in [0.4, 0.5) is 8.78 Å². The molecule has 0 N–H and O–H groups in total. The van der Waals surface area contributed by atoms with Crippen molar-refractivity contribution in [3.8, 4) is 11.4 Å². The van der Waals surface area contributed by atoms with Crippen LogP contribution in [-0.4, -0.2) is 66.3 Å². The van der Waals surface area contributed by atoms with Crippen LogP contribution in [-0.2, 0) is 9.31 Å². The fourth-order valence-electron chi connectivity index (χ4n) is 5.50. The van der Waals surface area contributed by atoms with Gasteiger partial charge in [-0.2, -0.15) is 10.2 Å². The van der Waals surface area contributed by atoms with Gasteiger partial charge in [-0.3, -0.25) is 18.4 Å². The monoisotopic (exact) mass is 752 g/mol. The molecule has 0 saturated carbocycles. The highest BCUT2D eigenvalue weighted by molar-refractivity contribution is 6.61. The van der Waals surface area contributed by atoms with E-state index in [2.05, 4.69) is 30.1 Å². The van der Waals surface area contributed by atoms with Gasteiger partial charge < -0.3 is 9.31 Å². The summed E-state index contributed by atoms with van der Waals surface area (Å²) < 4.78 is 43.5. The summed E-state index contributed by atoms with van der Waals surface area (Å²) in [7, 11) is -0.433. The molecule has 8 aromatic rings. The van der Waals surface area contributed by atoms with Crippen LogP contribution in [0, 0.1) is 25.5 Å².